The van der Waals surface area contributed by atoms with Crippen molar-refractivity contribution in [2.75, 3.05) is 0 Å². The molecule has 0 spiro atoms. The van der Waals surface area contributed by atoms with Gasteiger partial charge < -0.3 is 9.13 Å². The molecule has 78 valence electrons. The summed E-state index contributed by atoms with van der Waals surface area (Å²) in [5.74, 6) is 1.16. The van der Waals surface area contributed by atoms with Gasteiger partial charge in [0.2, 0.25) is 0 Å². The Morgan fingerprint density at radius 3 is 2.93 bits per heavy atom. The van der Waals surface area contributed by atoms with Crippen LogP contribution in [0.2, 0.25) is 5.15 Å². The van der Waals surface area contributed by atoms with E-state index in [0.29, 0.717) is 23.8 Å². The Morgan fingerprint density at radius 1 is 1.53 bits per heavy atom. The van der Waals surface area contributed by atoms with E-state index in [0.717, 1.165) is 5.82 Å². The molecule has 2 rings (SSSR count). The predicted octanol–water partition coefficient (Wildman–Crippen LogP) is 1.13. The molecule has 0 aliphatic rings. The second-order valence-corrected chi connectivity index (χ2v) is 3.47. The summed E-state index contributed by atoms with van der Waals surface area (Å²) in [6, 6.07) is 0. The zero-order valence-corrected chi connectivity index (χ0v) is 8.85. The van der Waals surface area contributed by atoms with Crippen LogP contribution in [0, 0.1) is 0 Å². The topological polar surface area (TPSA) is 52.7 Å². The highest BCUT2D eigenvalue weighted by molar-refractivity contribution is 6.29. The number of rotatable bonds is 3. The normalized spacial score (nSPS) is 10.5. The maximum Gasteiger partial charge on any atom is 0.185 e. The summed E-state index contributed by atoms with van der Waals surface area (Å²) in [5, 5.41) is 0.567. The SMILES string of the molecule is Cn1c(Cl)cnc1Cn1ccnc1C=O. The van der Waals surface area contributed by atoms with Gasteiger partial charge in [-0.15, -0.1) is 0 Å². The minimum absolute atomic E-state index is 0.383. The Balaban J connectivity index is 2.29. The monoisotopic (exact) mass is 224 g/mol. The van der Waals surface area contributed by atoms with Gasteiger partial charge in [0.25, 0.3) is 0 Å². The summed E-state index contributed by atoms with van der Waals surface area (Å²) in [7, 11) is 1.82. The summed E-state index contributed by atoms with van der Waals surface area (Å²) in [6.07, 6.45) is 5.60. The fraction of sp³-hybridized carbons (Fsp3) is 0.222. The van der Waals surface area contributed by atoms with E-state index < -0.39 is 0 Å². The van der Waals surface area contributed by atoms with Gasteiger partial charge in [0.05, 0.1) is 12.7 Å². The van der Waals surface area contributed by atoms with Crippen LogP contribution in [0.25, 0.3) is 0 Å². The molecule has 0 atom stereocenters. The summed E-state index contributed by atoms with van der Waals surface area (Å²) < 4.78 is 3.47. The first-order chi connectivity index (χ1) is 7.22. The number of hydrogen-bond acceptors (Lipinski definition) is 3. The molecule has 0 amide bonds. The lowest BCUT2D eigenvalue weighted by molar-refractivity contribution is 0.111. The highest BCUT2D eigenvalue weighted by Gasteiger charge is 2.07. The van der Waals surface area contributed by atoms with Crippen LogP contribution in [0.5, 0.6) is 0 Å². The standard InChI is InChI=1S/C9H9ClN4O/c1-13-7(10)4-12-8(13)5-14-3-2-11-9(14)6-15/h2-4,6H,5H2,1H3. The van der Waals surface area contributed by atoms with Crippen molar-refractivity contribution in [3.63, 3.8) is 0 Å². The maximum atomic E-state index is 10.6. The molecule has 0 aliphatic heterocycles. The van der Waals surface area contributed by atoms with Crippen LogP contribution in [0.1, 0.15) is 16.4 Å². The van der Waals surface area contributed by atoms with E-state index in [1.54, 1.807) is 27.7 Å². The number of aldehydes is 1. The molecule has 0 saturated heterocycles. The number of aromatic nitrogens is 4. The van der Waals surface area contributed by atoms with Crippen molar-refractivity contribution < 1.29 is 4.79 Å². The minimum Gasteiger partial charge on any atom is -0.321 e. The summed E-state index contributed by atoms with van der Waals surface area (Å²) in [4.78, 5) is 18.7. The third-order valence-electron chi connectivity index (χ3n) is 2.19. The number of hydrogen-bond donors (Lipinski definition) is 0. The first kappa shape index (κ1) is 9.92. The van der Waals surface area contributed by atoms with Gasteiger partial charge in [-0.05, 0) is 0 Å². The van der Waals surface area contributed by atoms with E-state index in [4.69, 9.17) is 11.6 Å². The van der Waals surface area contributed by atoms with Crippen LogP contribution in [0.15, 0.2) is 18.6 Å². The van der Waals surface area contributed by atoms with Crippen LogP contribution in [-0.4, -0.2) is 25.4 Å². The number of nitrogens with zero attached hydrogens (tertiary/aromatic N) is 4. The van der Waals surface area contributed by atoms with Gasteiger partial charge in [-0.1, -0.05) is 11.6 Å². The van der Waals surface area contributed by atoms with E-state index in [1.165, 1.54) is 0 Å². The molecule has 6 heteroatoms. The van der Waals surface area contributed by atoms with Crippen LogP contribution in [0.4, 0.5) is 0 Å². The molecule has 0 saturated carbocycles. The molecule has 0 radical (unpaired) electrons. The quantitative estimate of drug-likeness (QED) is 0.735. The number of carbonyl (C=O) groups is 1. The van der Waals surface area contributed by atoms with Crippen molar-refractivity contribution in [1.29, 1.82) is 0 Å². The van der Waals surface area contributed by atoms with Crippen molar-refractivity contribution in [2.24, 2.45) is 7.05 Å². The van der Waals surface area contributed by atoms with Crippen molar-refractivity contribution in [1.82, 2.24) is 19.1 Å². The molecule has 5 nitrogen and oxygen atoms in total. The van der Waals surface area contributed by atoms with Crippen LogP contribution < -0.4 is 0 Å². The largest absolute Gasteiger partial charge is 0.321 e. The Morgan fingerprint density at radius 2 is 2.33 bits per heavy atom. The van der Waals surface area contributed by atoms with Gasteiger partial charge >= 0.3 is 0 Å². The summed E-state index contributed by atoms with van der Waals surface area (Å²) >= 11 is 5.85. The summed E-state index contributed by atoms with van der Waals surface area (Å²) in [5.41, 5.74) is 0. The molecular weight excluding hydrogens is 216 g/mol. The zero-order chi connectivity index (χ0) is 10.8. The second-order valence-electron chi connectivity index (χ2n) is 3.09. The van der Waals surface area contributed by atoms with Crippen LogP contribution >= 0.6 is 11.6 Å². The minimum atomic E-state index is 0.383. The first-order valence-corrected chi connectivity index (χ1v) is 4.72. The zero-order valence-electron chi connectivity index (χ0n) is 8.09. The molecule has 0 aliphatic carbocycles. The Kier molecular flexibility index (Phi) is 2.55. The Hall–Kier alpha value is -1.62. The lowest BCUT2D eigenvalue weighted by Crippen LogP contribution is -2.08. The van der Waals surface area contributed by atoms with Gasteiger partial charge in [0.1, 0.15) is 11.0 Å². The molecule has 15 heavy (non-hydrogen) atoms. The lowest BCUT2D eigenvalue weighted by Gasteiger charge is -2.04. The van der Waals surface area contributed by atoms with E-state index >= 15 is 0 Å². The fourth-order valence-electron chi connectivity index (χ4n) is 1.30. The molecule has 0 bridgehead atoms. The average Bonchev–Trinajstić information content (AvgIpc) is 2.80. The fourth-order valence-corrected chi connectivity index (χ4v) is 1.44. The highest BCUT2D eigenvalue weighted by Crippen LogP contribution is 2.10. The Labute approximate surface area is 91.3 Å². The number of halogens is 1. The average molecular weight is 225 g/mol. The lowest BCUT2D eigenvalue weighted by atomic mass is 10.5. The maximum absolute atomic E-state index is 10.6. The predicted molar refractivity (Wildman–Crippen MR) is 54.9 cm³/mol. The molecular formula is C9H9ClN4O. The molecule has 2 heterocycles. The van der Waals surface area contributed by atoms with Gasteiger partial charge in [-0.25, -0.2) is 9.97 Å². The van der Waals surface area contributed by atoms with Crippen molar-refractivity contribution in [3.8, 4) is 0 Å². The van der Waals surface area contributed by atoms with Crippen molar-refractivity contribution in [3.05, 3.63) is 35.4 Å². The molecule has 0 unspecified atom stereocenters. The second kappa shape index (κ2) is 3.86. The molecule has 0 N–H and O–H groups in total. The van der Waals surface area contributed by atoms with Crippen molar-refractivity contribution in [2.45, 2.75) is 6.54 Å². The smallest absolute Gasteiger partial charge is 0.185 e. The molecule has 2 aromatic rings. The number of carbonyl (C=O) groups excluding carboxylic acids is 1. The molecule has 0 aromatic carbocycles. The van der Waals surface area contributed by atoms with E-state index in [9.17, 15) is 4.79 Å². The number of imidazole rings is 2. The molecule has 2 aromatic heterocycles. The third kappa shape index (κ3) is 1.78. The van der Waals surface area contributed by atoms with Gasteiger partial charge in [-0.2, -0.15) is 0 Å². The highest BCUT2D eigenvalue weighted by atomic mass is 35.5. The van der Waals surface area contributed by atoms with Crippen LogP contribution in [-0.2, 0) is 13.6 Å². The molecule has 0 fully saturated rings. The van der Waals surface area contributed by atoms with E-state index in [2.05, 4.69) is 9.97 Å². The first-order valence-electron chi connectivity index (χ1n) is 4.34. The van der Waals surface area contributed by atoms with E-state index in [-0.39, 0.29) is 0 Å². The summed E-state index contributed by atoms with van der Waals surface area (Å²) in [6.45, 7) is 0.483. The van der Waals surface area contributed by atoms with Gasteiger partial charge in [-0.3, -0.25) is 4.79 Å². The van der Waals surface area contributed by atoms with Crippen molar-refractivity contribution >= 4 is 17.9 Å². The van der Waals surface area contributed by atoms with Gasteiger partial charge in [0.15, 0.2) is 12.1 Å². The van der Waals surface area contributed by atoms with Gasteiger partial charge in [0, 0.05) is 19.4 Å². The Bertz CT molecular complexity index is 488. The van der Waals surface area contributed by atoms with Crippen LogP contribution in [0.3, 0.4) is 0 Å². The van der Waals surface area contributed by atoms with E-state index in [1.807, 2.05) is 7.05 Å². The third-order valence-corrected chi connectivity index (χ3v) is 2.54.